The maximum atomic E-state index is 12.3. The van der Waals surface area contributed by atoms with Crippen LogP contribution in [0.5, 0.6) is 11.5 Å². The van der Waals surface area contributed by atoms with E-state index in [1.54, 1.807) is 6.07 Å². The number of ether oxygens (including phenoxy) is 2. The third kappa shape index (κ3) is 3.46. The molecule has 3 aromatic rings. The van der Waals surface area contributed by atoms with Crippen LogP contribution in [0.15, 0.2) is 60.7 Å². The first-order valence-corrected chi connectivity index (χ1v) is 8.91. The Hall–Kier alpha value is -2.72. The molecule has 5 heteroatoms. The lowest BCUT2D eigenvalue weighted by Crippen LogP contribution is -2.35. The molecule has 1 heterocycles. The second-order valence-corrected chi connectivity index (χ2v) is 6.62. The number of hydrogen-bond donors (Lipinski definition) is 1. The molecule has 0 aromatic heterocycles. The number of benzene rings is 3. The minimum atomic E-state index is -0.170. The lowest BCUT2D eigenvalue weighted by molar-refractivity contribution is -0.124. The van der Waals surface area contributed by atoms with Gasteiger partial charge in [-0.25, -0.2) is 0 Å². The third-order valence-electron chi connectivity index (χ3n) is 4.45. The van der Waals surface area contributed by atoms with Crippen molar-refractivity contribution in [3.8, 4) is 11.5 Å². The van der Waals surface area contributed by atoms with Crippen LogP contribution in [-0.2, 0) is 4.79 Å². The molecule has 1 atom stereocenters. The number of nitrogens with one attached hydrogen (secondary N) is 1. The molecule has 1 amide bonds. The van der Waals surface area contributed by atoms with Gasteiger partial charge in [-0.15, -0.1) is 0 Å². The van der Waals surface area contributed by atoms with Gasteiger partial charge in [0.15, 0.2) is 6.61 Å². The van der Waals surface area contributed by atoms with Crippen LogP contribution in [0.25, 0.3) is 10.8 Å². The van der Waals surface area contributed by atoms with Gasteiger partial charge >= 0.3 is 0 Å². The van der Waals surface area contributed by atoms with Gasteiger partial charge in [-0.1, -0.05) is 54.1 Å². The molecular weight excluding hydrogens is 350 g/mol. The molecule has 3 aromatic carbocycles. The number of hydrogen-bond acceptors (Lipinski definition) is 3. The topological polar surface area (TPSA) is 47.6 Å². The van der Waals surface area contributed by atoms with Gasteiger partial charge in [0, 0.05) is 12.0 Å². The predicted octanol–water partition coefficient (Wildman–Crippen LogP) is 4.51. The summed E-state index contributed by atoms with van der Waals surface area (Å²) in [4.78, 5) is 12.3. The number of amides is 1. The average molecular weight is 368 g/mol. The molecular formula is C21H18ClNO3. The number of carbonyl (C=O) groups excluding carboxylic acids is 1. The van der Waals surface area contributed by atoms with Crippen LogP contribution in [-0.4, -0.2) is 19.1 Å². The summed E-state index contributed by atoms with van der Waals surface area (Å²) in [5, 5.41) is 5.79. The fourth-order valence-corrected chi connectivity index (χ4v) is 3.41. The van der Waals surface area contributed by atoms with Gasteiger partial charge in [0.2, 0.25) is 0 Å². The zero-order valence-electron chi connectivity index (χ0n) is 14.1. The minimum Gasteiger partial charge on any atom is -0.492 e. The molecule has 132 valence electrons. The second kappa shape index (κ2) is 7.26. The number of rotatable bonds is 4. The average Bonchev–Trinajstić information content (AvgIpc) is 2.67. The fraction of sp³-hybridized carbons (Fsp3) is 0.190. The van der Waals surface area contributed by atoms with Crippen LogP contribution in [0.4, 0.5) is 0 Å². The summed E-state index contributed by atoms with van der Waals surface area (Å²) in [5.41, 5.74) is 0.905. The van der Waals surface area contributed by atoms with Gasteiger partial charge in [0.1, 0.15) is 11.5 Å². The number of carbonyl (C=O) groups is 1. The van der Waals surface area contributed by atoms with Crippen LogP contribution in [0, 0.1) is 0 Å². The Morgan fingerprint density at radius 1 is 1.12 bits per heavy atom. The first-order valence-electron chi connectivity index (χ1n) is 8.53. The van der Waals surface area contributed by atoms with E-state index in [2.05, 4.69) is 5.32 Å². The van der Waals surface area contributed by atoms with Gasteiger partial charge in [-0.2, -0.15) is 0 Å². The molecule has 0 radical (unpaired) electrons. The number of para-hydroxylation sites is 1. The molecule has 0 saturated heterocycles. The van der Waals surface area contributed by atoms with Crippen molar-refractivity contribution in [2.45, 2.75) is 12.5 Å². The lowest BCUT2D eigenvalue weighted by Gasteiger charge is -2.27. The van der Waals surface area contributed by atoms with Crippen LogP contribution in [0.2, 0.25) is 5.02 Å². The van der Waals surface area contributed by atoms with Crippen molar-refractivity contribution in [2.75, 3.05) is 13.2 Å². The highest BCUT2D eigenvalue weighted by molar-refractivity contribution is 6.32. The number of halogens is 1. The fourth-order valence-electron chi connectivity index (χ4n) is 3.18. The SMILES string of the molecule is O=C(COc1ccc2ccccc2c1)NC1CCOc2c(Cl)cccc21. The maximum absolute atomic E-state index is 12.3. The van der Waals surface area contributed by atoms with E-state index >= 15 is 0 Å². The zero-order chi connectivity index (χ0) is 17.9. The van der Waals surface area contributed by atoms with Crippen molar-refractivity contribution in [1.29, 1.82) is 0 Å². The van der Waals surface area contributed by atoms with Crippen molar-refractivity contribution in [3.05, 3.63) is 71.2 Å². The summed E-state index contributed by atoms with van der Waals surface area (Å²) in [6.45, 7) is 0.485. The maximum Gasteiger partial charge on any atom is 0.258 e. The standard InChI is InChI=1S/C21H18ClNO3/c22-18-7-3-6-17-19(10-11-25-21(17)18)23-20(24)13-26-16-9-8-14-4-1-2-5-15(14)12-16/h1-9,12,19H,10-11,13H2,(H,23,24). The Kier molecular flexibility index (Phi) is 4.67. The van der Waals surface area contributed by atoms with E-state index < -0.39 is 0 Å². The molecule has 0 saturated carbocycles. The third-order valence-corrected chi connectivity index (χ3v) is 4.75. The molecule has 4 nitrogen and oxygen atoms in total. The molecule has 1 aliphatic heterocycles. The number of fused-ring (bicyclic) bond motifs is 2. The van der Waals surface area contributed by atoms with Gasteiger partial charge < -0.3 is 14.8 Å². The quantitative estimate of drug-likeness (QED) is 0.738. The van der Waals surface area contributed by atoms with E-state index in [1.807, 2.05) is 54.6 Å². The van der Waals surface area contributed by atoms with E-state index in [0.717, 1.165) is 16.3 Å². The van der Waals surface area contributed by atoms with Crippen molar-refractivity contribution < 1.29 is 14.3 Å². The zero-order valence-corrected chi connectivity index (χ0v) is 14.8. The first kappa shape index (κ1) is 16.7. The van der Waals surface area contributed by atoms with Crippen molar-refractivity contribution in [1.82, 2.24) is 5.32 Å². The Balaban J connectivity index is 1.41. The smallest absolute Gasteiger partial charge is 0.258 e. The van der Waals surface area contributed by atoms with E-state index in [-0.39, 0.29) is 18.6 Å². The highest BCUT2D eigenvalue weighted by Gasteiger charge is 2.24. The Morgan fingerprint density at radius 3 is 2.85 bits per heavy atom. The van der Waals surface area contributed by atoms with Crippen molar-refractivity contribution in [3.63, 3.8) is 0 Å². The summed E-state index contributed by atoms with van der Waals surface area (Å²) in [7, 11) is 0. The van der Waals surface area contributed by atoms with Crippen LogP contribution in [0.3, 0.4) is 0 Å². The van der Waals surface area contributed by atoms with Crippen LogP contribution >= 0.6 is 11.6 Å². The molecule has 26 heavy (non-hydrogen) atoms. The summed E-state index contributed by atoms with van der Waals surface area (Å²) in [5.74, 6) is 1.16. The van der Waals surface area contributed by atoms with Crippen LogP contribution in [0.1, 0.15) is 18.0 Å². The molecule has 0 spiro atoms. The highest BCUT2D eigenvalue weighted by Crippen LogP contribution is 2.37. The lowest BCUT2D eigenvalue weighted by atomic mass is 10.0. The minimum absolute atomic E-state index is 0.0361. The summed E-state index contributed by atoms with van der Waals surface area (Å²) < 4.78 is 11.3. The Labute approximate surface area is 156 Å². The molecule has 1 N–H and O–H groups in total. The monoisotopic (exact) mass is 367 g/mol. The summed E-state index contributed by atoms with van der Waals surface area (Å²) in [6, 6.07) is 19.3. The van der Waals surface area contributed by atoms with Gasteiger partial charge in [-0.3, -0.25) is 4.79 Å². The molecule has 1 aliphatic rings. The molecule has 0 aliphatic carbocycles. The van der Waals surface area contributed by atoms with Crippen molar-refractivity contribution in [2.24, 2.45) is 0 Å². The first-order chi connectivity index (χ1) is 12.7. The van der Waals surface area contributed by atoms with Crippen molar-refractivity contribution >= 4 is 28.3 Å². The van der Waals surface area contributed by atoms with Gasteiger partial charge in [0.05, 0.1) is 17.7 Å². The van der Waals surface area contributed by atoms with Gasteiger partial charge in [0.25, 0.3) is 5.91 Å². The van der Waals surface area contributed by atoms with E-state index in [1.165, 1.54) is 0 Å². The highest BCUT2D eigenvalue weighted by atomic mass is 35.5. The molecule has 0 bridgehead atoms. The Morgan fingerprint density at radius 2 is 1.96 bits per heavy atom. The second-order valence-electron chi connectivity index (χ2n) is 6.21. The van der Waals surface area contributed by atoms with Crippen LogP contribution < -0.4 is 14.8 Å². The molecule has 0 fully saturated rings. The molecule has 1 unspecified atom stereocenters. The summed E-state index contributed by atoms with van der Waals surface area (Å²) in [6.07, 6.45) is 0.703. The normalized spacial score (nSPS) is 15.8. The van der Waals surface area contributed by atoms with E-state index in [9.17, 15) is 4.79 Å². The summed E-state index contributed by atoms with van der Waals surface area (Å²) >= 11 is 6.17. The molecule has 4 rings (SSSR count). The largest absolute Gasteiger partial charge is 0.492 e. The van der Waals surface area contributed by atoms with E-state index in [4.69, 9.17) is 21.1 Å². The predicted molar refractivity (Wildman–Crippen MR) is 102 cm³/mol. The van der Waals surface area contributed by atoms with Gasteiger partial charge in [-0.05, 0) is 29.0 Å². The Bertz CT molecular complexity index is 957. The van der Waals surface area contributed by atoms with E-state index in [0.29, 0.717) is 29.5 Å².